The average Bonchev–Trinajstić information content (AvgIpc) is 3.04. The number of nitrogen functional groups attached to an aromatic ring is 1. The first-order chi connectivity index (χ1) is 10.5. The van der Waals surface area contributed by atoms with Gasteiger partial charge in [-0.3, -0.25) is 4.57 Å². The molecule has 3 rings (SSSR count). The van der Waals surface area contributed by atoms with E-state index in [9.17, 15) is 10.2 Å². The maximum atomic E-state index is 10.9. The van der Waals surface area contributed by atoms with Crippen molar-refractivity contribution < 1.29 is 19.7 Å². The molecule has 9 nitrogen and oxygen atoms in total. The van der Waals surface area contributed by atoms with E-state index in [0.29, 0.717) is 17.6 Å². The molecule has 1 aliphatic heterocycles. The van der Waals surface area contributed by atoms with Gasteiger partial charge in [0.1, 0.15) is 29.7 Å². The molecule has 0 saturated carbocycles. The number of aromatic nitrogens is 4. The van der Waals surface area contributed by atoms with E-state index in [2.05, 4.69) is 15.0 Å². The lowest BCUT2D eigenvalue weighted by Gasteiger charge is -2.30. The van der Waals surface area contributed by atoms with Crippen molar-refractivity contribution in [1.82, 2.24) is 19.5 Å². The minimum absolute atomic E-state index is 0.170. The largest absolute Gasteiger partial charge is 0.387 e. The van der Waals surface area contributed by atoms with Crippen LogP contribution in [-0.2, 0) is 9.47 Å². The molecule has 0 radical (unpaired) electrons. The predicted molar refractivity (Wildman–Crippen MR) is 76.8 cm³/mol. The SMILES string of the molecule is CC[C@@]1(O)[C@H](O)[C@@H](COC)O[C@H]1n1cnc2c(N)ncnc21. The summed E-state index contributed by atoms with van der Waals surface area (Å²) in [7, 11) is 1.51. The molecule has 9 heteroatoms. The Labute approximate surface area is 126 Å². The molecule has 0 aromatic carbocycles. The van der Waals surface area contributed by atoms with Crippen LogP contribution < -0.4 is 5.73 Å². The van der Waals surface area contributed by atoms with E-state index in [1.807, 2.05) is 0 Å². The fourth-order valence-corrected chi connectivity index (χ4v) is 2.85. The van der Waals surface area contributed by atoms with Crippen molar-refractivity contribution in [3.05, 3.63) is 12.7 Å². The fraction of sp³-hybridized carbons (Fsp3) is 0.615. The second kappa shape index (κ2) is 5.43. The first-order valence-corrected chi connectivity index (χ1v) is 7.00. The smallest absolute Gasteiger partial charge is 0.168 e. The number of nitrogens with two attached hydrogens (primary N) is 1. The fourth-order valence-electron chi connectivity index (χ4n) is 2.85. The Morgan fingerprint density at radius 2 is 2.23 bits per heavy atom. The predicted octanol–water partition coefficient (Wildman–Crippen LogP) is -0.546. The molecular formula is C13H19N5O4. The molecule has 0 bridgehead atoms. The van der Waals surface area contributed by atoms with Gasteiger partial charge in [-0.2, -0.15) is 0 Å². The van der Waals surface area contributed by atoms with Crippen molar-refractivity contribution >= 4 is 17.0 Å². The highest BCUT2D eigenvalue weighted by Crippen LogP contribution is 2.41. The lowest BCUT2D eigenvalue weighted by Crippen LogP contribution is -2.46. The molecule has 0 spiro atoms. The molecule has 0 amide bonds. The standard InChI is InChI=1S/C13H19N5O4/c1-3-13(20)9(19)7(4-21-2)22-12(13)18-6-17-8-10(14)15-5-16-11(8)18/h5-7,9,12,19-20H,3-4H2,1-2H3,(H2,14,15,16)/t7-,9-,12-,13-/m1/s1. The molecule has 3 heterocycles. The van der Waals surface area contributed by atoms with E-state index >= 15 is 0 Å². The third-order valence-electron chi connectivity index (χ3n) is 4.13. The topological polar surface area (TPSA) is 129 Å². The Morgan fingerprint density at radius 3 is 2.91 bits per heavy atom. The number of aliphatic hydroxyl groups excluding tert-OH is 1. The van der Waals surface area contributed by atoms with Gasteiger partial charge in [0.05, 0.1) is 12.9 Å². The normalized spacial score (nSPS) is 31.9. The molecule has 22 heavy (non-hydrogen) atoms. The van der Waals surface area contributed by atoms with Crippen molar-refractivity contribution in [3.63, 3.8) is 0 Å². The van der Waals surface area contributed by atoms with Gasteiger partial charge in [0.15, 0.2) is 17.7 Å². The second-order valence-electron chi connectivity index (χ2n) is 5.35. The van der Waals surface area contributed by atoms with Gasteiger partial charge in [0.25, 0.3) is 0 Å². The zero-order valence-corrected chi connectivity index (χ0v) is 12.4. The highest BCUT2D eigenvalue weighted by molar-refractivity contribution is 5.81. The minimum atomic E-state index is -1.48. The lowest BCUT2D eigenvalue weighted by atomic mass is 9.91. The summed E-state index contributed by atoms with van der Waals surface area (Å²) in [4.78, 5) is 12.2. The van der Waals surface area contributed by atoms with Gasteiger partial charge in [-0.25, -0.2) is 15.0 Å². The first-order valence-electron chi connectivity index (χ1n) is 7.00. The average molecular weight is 309 g/mol. The highest BCUT2D eigenvalue weighted by atomic mass is 16.6. The Hall–Kier alpha value is -1.81. The Balaban J connectivity index is 2.06. The molecule has 1 saturated heterocycles. The Kier molecular flexibility index (Phi) is 3.73. The first kappa shape index (κ1) is 15.1. The molecule has 1 fully saturated rings. The van der Waals surface area contributed by atoms with Crippen LogP contribution in [0.4, 0.5) is 5.82 Å². The van der Waals surface area contributed by atoms with Crippen molar-refractivity contribution in [2.75, 3.05) is 19.5 Å². The van der Waals surface area contributed by atoms with Crippen molar-refractivity contribution in [2.24, 2.45) is 0 Å². The van der Waals surface area contributed by atoms with E-state index in [-0.39, 0.29) is 12.4 Å². The van der Waals surface area contributed by atoms with E-state index < -0.39 is 24.0 Å². The van der Waals surface area contributed by atoms with Crippen LogP contribution >= 0.6 is 0 Å². The summed E-state index contributed by atoms with van der Waals surface area (Å²) in [6.07, 6.45) is 0.517. The second-order valence-corrected chi connectivity index (χ2v) is 5.35. The third-order valence-corrected chi connectivity index (χ3v) is 4.13. The zero-order valence-electron chi connectivity index (χ0n) is 12.4. The maximum absolute atomic E-state index is 10.9. The maximum Gasteiger partial charge on any atom is 0.168 e. The number of fused-ring (bicyclic) bond motifs is 1. The Bertz CT molecular complexity index is 677. The van der Waals surface area contributed by atoms with Crippen molar-refractivity contribution in [3.8, 4) is 0 Å². The third kappa shape index (κ3) is 2.05. The van der Waals surface area contributed by atoms with Gasteiger partial charge in [0, 0.05) is 7.11 Å². The van der Waals surface area contributed by atoms with Gasteiger partial charge in [-0.15, -0.1) is 0 Å². The number of hydrogen-bond donors (Lipinski definition) is 3. The molecule has 0 aliphatic carbocycles. The summed E-state index contributed by atoms with van der Waals surface area (Å²) >= 11 is 0. The Morgan fingerprint density at radius 1 is 1.45 bits per heavy atom. The number of hydrogen-bond acceptors (Lipinski definition) is 8. The van der Waals surface area contributed by atoms with E-state index in [4.69, 9.17) is 15.2 Å². The van der Waals surface area contributed by atoms with Gasteiger partial charge in [0.2, 0.25) is 0 Å². The molecule has 120 valence electrons. The summed E-state index contributed by atoms with van der Waals surface area (Å²) in [5, 5.41) is 21.3. The van der Waals surface area contributed by atoms with Gasteiger partial charge in [-0.05, 0) is 6.42 Å². The number of ether oxygens (including phenoxy) is 2. The van der Waals surface area contributed by atoms with Gasteiger partial charge >= 0.3 is 0 Å². The summed E-state index contributed by atoms with van der Waals surface area (Å²) in [6, 6.07) is 0. The number of anilines is 1. The number of aliphatic hydroxyl groups is 2. The number of nitrogens with zero attached hydrogens (tertiary/aromatic N) is 4. The van der Waals surface area contributed by atoms with Crippen LogP contribution in [0.5, 0.6) is 0 Å². The zero-order chi connectivity index (χ0) is 15.9. The summed E-state index contributed by atoms with van der Waals surface area (Å²) in [5.41, 5.74) is 5.16. The molecule has 1 aliphatic rings. The summed E-state index contributed by atoms with van der Waals surface area (Å²) in [6.45, 7) is 1.95. The molecule has 4 N–H and O–H groups in total. The quantitative estimate of drug-likeness (QED) is 0.686. The van der Waals surface area contributed by atoms with E-state index in [1.54, 1.807) is 11.5 Å². The molecule has 4 atom stereocenters. The monoisotopic (exact) mass is 309 g/mol. The van der Waals surface area contributed by atoms with E-state index in [0.717, 1.165) is 0 Å². The number of imidazole rings is 1. The van der Waals surface area contributed by atoms with Crippen LogP contribution in [0.15, 0.2) is 12.7 Å². The summed E-state index contributed by atoms with van der Waals surface area (Å²) in [5.74, 6) is 0.246. The van der Waals surface area contributed by atoms with Crippen molar-refractivity contribution in [2.45, 2.75) is 37.4 Å². The summed E-state index contributed by atoms with van der Waals surface area (Å²) < 4.78 is 12.4. The lowest BCUT2D eigenvalue weighted by molar-refractivity contribution is -0.109. The minimum Gasteiger partial charge on any atom is -0.387 e. The van der Waals surface area contributed by atoms with Crippen LogP contribution in [0, 0.1) is 0 Å². The number of rotatable bonds is 4. The van der Waals surface area contributed by atoms with Crippen LogP contribution in [-0.4, -0.2) is 61.3 Å². The highest BCUT2D eigenvalue weighted by Gasteiger charge is 2.55. The molecule has 2 aromatic rings. The van der Waals surface area contributed by atoms with Crippen LogP contribution in [0.25, 0.3) is 11.2 Å². The molecule has 0 unspecified atom stereocenters. The molecular weight excluding hydrogens is 290 g/mol. The van der Waals surface area contributed by atoms with Crippen LogP contribution in [0.2, 0.25) is 0 Å². The van der Waals surface area contributed by atoms with Gasteiger partial charge in [-0.1, -0.05) is 6.92 Å². The van der Waals surface area contributed by atoms with Crippen LogP contribution in [0.3, 0.4) is 0 Å². The van der Waals surface area contributed by atoms with E-state index in [1.165, 1.54) is 19.8 Å². The van der Waals surface area contributed by atoms with Crippen LogP contribution in [0.1, 0.15) is 19.6 Å². The van der Waals surface area contributed by atoms with Crippen molar-refractivity contribution in [1.29, 1.82) is 0 Å². The molecule has 2 aromatic heterocycles. The van der Waals surface area contributed by atoms with Gasteiger partial charge < -0.3 is 25.4 Å². The number of methoxy groups -OCH3 is 1.